The highest BCUT2D eigenvalue weighted by Crippen LogP contribution is 2.47. The molecule has 1 fully saturated rings. The van der Waals surface area contributed by atoms with Crippen LogP contribution < -0.4 is 31.9 Å². The Morgan fingerprint density at radius 3 is 2.39 bits per heavy atom. The number of sulfone groups is 1. The number of anilines is 1. The number of thiazole rings is 1. The first kappa shape index (κ1) is 57.1. The summed E-state index contributed by atoms with van der Waals surface area (Å²) >= 11 is 1.58. The number of carbonyl (C=O) groups excluding carboxylic acids is 3. The number of amides is 3. The summed E-state index contributed by atoms with van der Waals surface area (Å²) in [5.74, 6) is -3.11. The van der Waals surface area contributed by atoms with Gasteiger partial charge in [0.1, 0.15) is 17.7 Å². The fourth-order valence-corrected chi connectivity index (χ4v) is 12.9. The molecule has 1 aliphatic carbocycles. The maximum Gasteiger partial charge on any atom is 0.260 e. The normalized spacial score (nSPS) is 21.2. The number of hydrogen-bond donors (Lipinski definition) is 5. The Labute approximate surface area is 463 Å². The number of nitrogens with zero attached hydrogens (tertiary/aromatic N) is 6. The molecule has 9 rings (SSSR count). The molecule has 422 valence electrons. The van der Waals surface area contributed by atoms with E-state index >= 15 is 4.39 Å². The number of carbonyl (C=O) groups is 3. The van der Waals surface area contributed by atoms with Crippen molar-refractivity contribution in [2.24, 2.45) is 17.5 Å². The van der Waals surface area contributed by atoms with Crippen LogP contribution in [0.1, 0.15) is 121 Å². The third-order valence-electron chi connectivity index (χ3n) is 15.3. The lowest BCUT2D eigenvalue weighted by Gasteiger charge is -2.35. The lowest BCUT2D eigenvalue weighted by Crippen LogP contribution is -2.57. The molecule has 0 spiro atoms. The second-order valence-electron chi connectivity index (χ2n) is 22.5. The van der Waals surface area contributed by atoms with Gasteiger partial charge in [0.2, 0.25) is 17.5 Å². The highest BCUT2D eigenvalue weighted by atomic mass is 32.2. The average molecular weight is 1130 g/mol. The van der Waals surface area contributed by atoms with Gasteiger partial charge in [0.15, 0.2) is 21.5 Å². The first-order valence-electron chi connectivity index (χ1n) is 27.0. The summed E-state index contributed by atoms with van der Waals surface area (Å²) in [7, 11) is -2.19. The van der Waals surface area contributed by atoms with Crippen LogP contribution in [0.25, 0.3) is 21.7 Å². The Hall–Kier alpha value is -6.62. The fraction of sp³-hybridized carbons (Fsp3) is 0.491. The van der Waals surface area contributed by atoms with Crippen LogP contribution in [0.15, 0.2) is 87.0 Å². The number of amidine groups is 1. The molecule has 0 bridgehead atoms. The number of aryl methyl sites for hydroxylation is 2. The van der Waals surface area contributed by atoms with Crippen LogP contribution in [-0.2, 0) is 41.8 Å². The number of fused-ring (bicyclic) bond motifs is 2. The summed E-state index contributed by atoms with van der Waals surface area (Å²) in [6.45, 7) is 10.3. The predicted molar refractivity (Wildman–Crippen MR) is 300 cm³/mol. The zero-order valence-electron chi connectivity index (χ0n) is 45.8. The maximum absolute atomic E-state index is 15.4. The molecule has 7 heterocycles. The molecular formula is C57H70F2N10O8S2. The Morgan fingerprint density at radius 1 is 1.01 bits per heavy atom. The SMILES string of the molecule is Cc1ncsc1-c1ccc([C@]2(C)N=C(C3C[C@@H](O)CN3C(=O)[C@@H](NC(=O)CCCCCCCCCCNC(=O)C3=C(CS(C)(=O)=O)c4ccn(C)c(=O)c4C4=C5C3=CN(c3ncc(F)cc3F)C5CCN4)C(C)(C)C)NO2)cc1. The molecular weight excluding hydrogens is 1050 g/mol. The summed E-state index contributed by atoms with van der Waals surface area (Å²) < 4.78 is 57.0. The van der Waals surface area contributed by atoms with E-state index in [2.05, 4.69) is 31.4 Å². The second kappa shape index (κ2) is 23.2. The van der Waals surface area contributed by atoms with E-state index in [-0.39, 0.29) is 60.3 Å². The van der Waals surface area contributed by atoms with E-state index in [0.29, 0.717) is 54.0 Å². The number of aromatic nitrogens is 3. The fourth-order valence-electron chi connectivity index (χ4n) is 11.3. The molecule has 22 heteroatoms. The van der Waals surface area contributed by atoms with E-state index in [1.165, 1.54) is 15.7 Å². The quantitative estimate of drug-likeness (QED) is 0.0581. The van der Waals surface area contributed by atoms with Gasteiger partial charge in [-0.1, -0.05) is 83.6 Å². The maximum atomic E-state index is 15.4. The van der Waals surface area contributed by atoms with Gasteiger partial charge in [-0.25, -0.2) is 42.5 Å². The van der Waals surface area contributed by atoms with Crippen molar-refractivity contribution in [3.8, 4) is 10.4 Å². The zero-order chi connectivity index (χ0) is 56.6. The third-order valence-corrected chi connectivity index (χ3v) is 17.1. The number of aliphatic hydroxyl groups excluding tert-OH is 1. The van der Waals surface area contributed by atoms with Crippen LogP contribution in [-0.4, -0.2) is 112 Å². The molecule has 2 unspecified atom stereocenters. The third kappa shape index (κ3) is 12.3. The van der Waals surface area contributed by atoms with Crippen LogP contribution in [0.5, 0.6) is 0 Å². The van der Waals surface area contributed by atoms with Crippen molar-refractivity contribution >= 4 is 61.8 Å². The number of aliphatic imine (C=N–C) groups is 1. The van der Waals surface area contributed by atoms with Crippen molar-refractivity contribution in [2.45, 2.75) is 135 Å². The standard InChI is InChI=1S/C57H70F2N10O8S2/c1-33-49(78-32-63-33)34-17-19-35(20-18-34)57(5)65-51(66-77-57)43-27-37(70)29-69(43)55(74)50(56(2,3)4)64-44(71)16-14-12-10-8-9-11-13-15-23-61-53(72)45-39-30-68(52-41(59)26-36(58)28-62-52)42-21-24-60-48(46(39)42)47-38(22-25-67(6)54(47)73)40(45)31-79(7,75)76/h17-20,22,25-26,28,30,32,37,42-43,50,60,70H,8-16,21,23-24,27,29,31H2,1-7H3,(H,61,72)(H,64,71)(H,65,66)/t37-,42?,43?,50-,57-/m1/s1. The first-order chi connectivity index (χ1) is 37.5. The minimum Gasteiger partial charge on any atom is -0.391 e. The molecule has 0 saturated carbocycles. The molecule has 1 saturated heterocycles. The first-order valence-corrected chi connectivity index (χ1v) is 30.0. The minimum atomic E-state index is -3.78. The summed E-state index contributed by atoms with van der Waals surface area (Å²) in [5.41, 5.74) is 7.50. The Bertz CT molecular complexity index is 3330. The van der Waals surface area contributed by atoms with Crippen LogP contribution in [0, 0.1) is 24.0 Å². The van der Waals surface area contributed by atoms with Crippen molar-refractivity contribution in [1.82, 2.24) is 40.9 Å². The van der Waals surface area contributed by atoms with Gasteiger partial charge in [-0.3, -0.25) is 19.2 Å². The lowest BCUT2D eigenvalue weighted by atomic mass is 9.85. The summed E-state index contributed by atoms with van der Waals surface area (Å²) in [6.07, 6.45) is 11.8. The number of unbranched alkanes of at least 4 members (excludes halogenated alkanes) is 7. The van der Waals surface area contributed by atoms with Gasteiger partial charge in [0.05, 0.1) is 63.1 Å². The van der Waals surface area contributed by atoms with Crippen LogP contribution in [0.4, 0.5) is 14.6 Å². The number of halogens is 2. The van der Waals surface area contributed by atoms with Gasteiger partial charge in [-0.15, -0.1) is 11.3 Å². The van der Waals surface area contributed by atoms with E-state index in [1.807, 2.05) is 64.4 Å². The molecule has 3 amide bonds. The number of hydroxylamine groups is 1. The summed E-state index contributed by atoms with van der Waals surface area (Å²) in [6, 6.07) is 8.28. The van der Waals surface area contributed by atoms with E-state index in [4.69, 9.17) is 9.83 Å². The number of rotatable bonds is 20. The number of β-amino-alcohol motifs (C(OH)–C–C–N with tert-alkyl or cyclic N) is 1. The highest BCUT2D eigenvalue weighted by Gasteiger charge is 2.48. The van der Waals surface area contributed by atoms with Gasteiger partial charge < -0.3 is 35.4 Å². The number of aliphatic hydroxyl groups is 1. The number of likely N-dealkylation sites (tertiary alicyclic amines) is 1. The van der Waals surface area contributed by atoms with Crippen LogP contribution >= 0.6 is 11.3 Å². The minimum absolute atomic E-state index is 0.0606. The van der Waals surface area contributed by atoms with Gasteiger partial charge in [0, 0.05) is 81.0 Å². The Morgan fingerprint density at radius 2 is 1.72 bits per heavy atom. The van der Waals surface area contributed by atoms with Crippen molar-refractivity contribution < 1.29 is 41.5 Å². The van der Waals surface area contributed by atoms with Crippen LogP contribution in [0.3, 0.4) is 0 Å². The van der Waals surface area contributed by atoms with Crippen molar-refractivity contribution in [1.29, 1.82) is 0 Å². The van der Waals surface area contributed by atoms with Gasteiger partial charge in [0.25, 0.3) is 11.5 Å². The summed E-state index contributed by atoms with van der Waals surface area (Å²) in [4.78, 5) is 79.9. The molecule has 5 atom stereocenters. The van der Waals surface area contributed by atoms with Gasteiger partial charge in [-0.2, -0.15) is 0 Å². The monoisotopic (exact) mass is 1120 g/mol. The van der Waals surface area contributed by atoms with Crippen molar-refractivity contribution in [3.63, 3.8) is 0 Å². The molecule has 18 nitrogen and oxygen atoms in total. The molecule has 3 aromatic heterocycles. The molecule has 4 aliphatic heterocycles. The van der Waals surface area contributed by atoms with Crippen molar-refractivity contribution in [2.75, 3.05) is 36.5 Å². The Kier molecular flexibility index (Phi) is 16.8. The highest BCUT2D eigenvalue weighted by molar-refractivity contribution is 7.91. The van der Waals surface area contributed by atoms with E-state index in [0.717, 1.165) is 78.7 Å². The molecule has 4 aromatic rings. The zero-order valence-corrected chi connectivity index (χ0v) is 47.4. The smallest absolute Gasteiger partial charge is 0.260 e. The van der Waals surface area contributed by atoms with Crippen molar-refractivity contribution in [3.05, 3.63) is 122 Å². The van der Waals surface area contributed by atoms with Gasteiger partial charge >= 0.3 is 0 Å². The van der Waals surface area contributed by atoms with E-state index in [9.17, 15) is 37.1 Å². The topological polar surface area (TPSA) is 230 Å². The summed E-state index contributed by atoms with van der Waals surface area (Å²) in [5, 5.41) is 20.2. The molecule has 79 heavy (non-hydrogen) atoms. The predicted octanol–water partition coefficient (Wildman–Crippen LogP) is 6.71. The van der Waals surface area contributed by atoms with Crippen LogP contribution in [0.2, 0.25) is 0 Å². The van der Waals surface area contributed by atoms with E-state index < -0.39 is 74.1 Å². The largest absolute Gasteiger partial charge is 0.391 e. The number of hydrogen-bond acceptors (Lipinski definition) is 15. The molecule has 1 aromatic carbocycles. The second-order valence-corrected chi connectivity index (χ2v) is 25.5. The number of benzene rings is 1. The van der Waals surface area contributed by atoms with Gasteiger partial charge in [-0.05, 0) is 61.3 Å². The Balaban J connectivity index is 0.759. The number of pyridine rings is 2. The average Bonchev–Trinajstić information content (AvgIpc) is 4.40. The molecule has 5 N–H and O–H groups in total. The molecule has 5 aliphatic rings. The van der Waals surface area contributed by atoms with E-state index in [1.54, 1.807) is 35.6 Å². The lowest BCUT2D eigenvalue weighted by molar-refractivity contribution is -0.139. The molecule has 0 radical (unpaired) electrons. The number of nitrogens with one attached hydrogen (secondary N) is 4.